The fraction of sp³-hybridized carbons (Fsp3) is 0.0833. The summed E-state index contributed by atoms with van der Waals surface area (Å²) in [5.74, 6) is 0.733. The van der Waals surface area contributed by atoms with Crippen molar-refractivity contribution in [3.05, 3.63) is 197 Å². The van der Waals surface area contributed by atoms with Crippen LogP contribution < -0.4 is 4.90 Å². The van der Waals surface area contributed by atoms with Gasteiger partial charge >= 0.3 is 0 Å². The molecule has 0 radical (unpaired) electrons. The molecular formula is C48H37N3. The van der Waals surface area contributed by atoms with Crippen LogP contribution in [0.1, 0.15) is 33.4 Å². The zero-order chi connectivity index (χ0) is 34.3. The zero-order valence-electron chi connectivity index (χ0n) is 28.8. The topological polar surface area (TPSA) is 29.0 Å². The lowest BCUT2D eigenvalue weighted by Crippen LogP contribution is -2.13. The summed E-state index contributed by atoms with van der Waals surface area (Å²) in [4.78, 5) is 12.5. The van der Waals surface area contributed by atoms with Crippen LogP contribution in [0, 0.1) is 13.8 Å². The quantitative estimate of drug-likeness (QED) is 0.178. The molecule has 7 aromatic carbocycles. The molecule has 0 atom stereocenters. The Labute approximate surface area is 299 Å². The summed E-state index contributed by atoms with van der Waals surface area (Å²) in [7, 11) is 0. The van der Waals surface area contributed by atoms with Gasteiger partial charge in [-0.1, -0.05) is 115 Å². The van der Waals surface area contributed by atoms with Crippen LogP contribution >= 0.6 is 0 Å². The molecule has 0 N–H and O–H groups in total. The molecule has 0 spiro atoms. The molecule has 0 saturated heterocycles. The molecule has 0 saturated carbocycles. The van der Waals surface area contributed by atoms with Crippen molar-refractivity contribution < 1.29 is 0 Å². The van der Waals surface area contributed by atoms with Gasteiger partial charge in [0, 0.05) is 33.8 Å². The minimum Gasteiger partial charge on any atom is -0.310 e. The molecule has 1 aliphatic rings. The standard InChI is InChI=1S/C48H37N3/c1-32-11-9-17-43(23-32)51(44-18-10-12-33(2)24-44)45-22-21-37-26-40-28-39-27-38(20-19-36(39)25-41(40)29-42(37)30-45)47-31-46(34-13-5-3-6-14-34)49-48(50-47)35-15-7-4-8-16-35/h3-25,27-28,30-31H,26,29H2,1-2H3. The van der Waals surface area contributed by atoms with E-state index >= 15 is 0 Å². The van der Waals surface area contributed by atoms with E-state index in [1.54, 1.807) is 0 Å². The van der Waals surface area contributed by atoms with E-state index in [1.807, 2.05) is 24.3 Å². The van der Waals surface area contributed by atoms with Crippen LogP contribution in [0.25, 0.3) is 44.7 Å². The highest BCUT2D eigenvalue weighted by Crippen LogP contribution is 2.39. The third kappa shape index (κ3) is 6.08. The van der Waals surface area contributed by atoms with Gasteiger partial charge in [0.2, 0.25) is 0 Å². The van der Waals surface area contributed by atoms with Crippen molar-refractivity contribution in [2.45, 2.75) is 26.7 Å². The van der Waals surface area contributed by atoms with Crippen LogP contribution in [0.2, 0.25) is 0 Å². The highest BCUT2D eigenvalue weighted by molar-refractivity contribution is 5.89. The number of rotatable bonds is 6. The molecule has 1 aromatic heterocycles. The Morgan fingerprint density at radius 2 is 0.961 bits per heavy atom. The summed E-state index contributed by atoms with van der Waals surface area (Å²) >= 11 is 0. The number of aryl methyl sites for hydroxylation is 2. The van der Waals surface area contributed by atoms with E-state index in [-0.39, 0.29) is 0 Å². The maximum atomic E-state index is 5.08. The Morgan fingerprint density at radius 1 is 0.392 bits per heavy atom. The zero-order valence-corrected chi connectivity index (χ0v) is 28.8. The lowest BCUT2D eigenvalue weighted by molar-refractivity contribution is 1.00. The SMILES string of the molecule is Cc1cccc(N(c2cccc(C)c2)c2ccc3c(c2)Cc2cc4ccc(-c5cc(-c6ccccc6)nc(-c6ccccc6)n5)cc4cc2C3)c1. The maximum absolute atomic E-state index is 5.08. The van der Waals surface area contributed by atoms with Gasteiger partial charge in [-0.2, -0.15) is 0 Å². The first-order chi connectivity index (χ1) is 25.0. The highest BCUT2D eigenvalue weighted by atomic mass is 15.1. The summed E-state index contributed by atoms with van der Waals surface area (Å²) in [6, 6.07) is 58.9. The van der Waals surface area contributed by atoms with Crippen LogP contribution in [0.5, 0.6) is 0 Å². The Balaban J connectivity index is 1.08. The maximum Gasteiger partial charge on any atom is 0.160 e. The molecule has 0 aliphatic heterocycles. The number of nitrogens with zero attached hydrogens (tertiary/aromatic N) is 3. The average Bonchev–Trinajstić information content (AvgIpc) is 3.17. The van der Waals surface area contributed by atoms with Crippen molar-refractivity contribution in [1.82, 2.24) is 9.97 Å². The third-order valence-electron chi connectivity index (χ3n) is 10.0. The van der Waals surface area contributed by atoms with Gasteiger partial charge in [0.05, 0.1) is 11.4 Å². The summed E-state index contributed by atoms with van der Waals surface area (Å²) < 4.78 is 0. The Kier molecular flexibility index (Phi) is 7.74. The van der Waals surface area contributed by atoms with E-state index in [1.165, 1.54) is 61.2 Å². The first kappa shape index (κ1) is 30.7. The van der Waals surface area contributed by atoms with E-state index < -0.39 is 0 Å². The molecule has 1 heterocycles. The summed E-state index contributed by atoms with van der Waals surface area (Å²) in [5, 5.41) is 2.48. The van der Waals surface area contributed by atoms with Crippen molar-refractivity contribution in [1.29, 1.82) is 0 Å². The van der Waals surface area contributed by atoms with Gasteiger partial charge in [0.25, 0.3) is 0 Å². The predicted octanol–water partition coefficient (Wildman–Crippen LogP) is 12.2. The minimum absolute atomic E-state index is 0.733. The molecule has 0 fully saturated rings. The Hall–Kier alpha value is -6.32. The molecule has 8 aromatic rings. The largest absolute Gasteiger partial charge is 0.310 e. The van der Waals surface area contributed by atoms with E-state index in [0.29, 0.717) is 0 Å². The van der Waals surface area contributed by atoms with Gasteiger partial charge < -0.3 is 4.90 Å². The number of anilines is 3. The van der Waals surface area contributed by atoms with Crippen molar-refractivity contribution >= 4 is 27.8 Å². The summed E-state index contributed by atoms with van der Waals surface area (Å²) in [6.07, 6.45) is 1.84. The van der Waals surface area contributed by atoms with E-state index in [2.05, 4.69) is 158 Å². The fourth-order valence-corrected chi connectivity index (χ4v) is 7.43. The minimum atomic E-state index is 0.733. The van der Waals surface area contributed by atoms with Gasteiger partial charge in [-0.05, 0) is 119 Å². The third-order valence-corrected chi connectivity index (χ3v) is 10.0. The monoisotopic (exact) mass is 655 g/mol. The highest BCUT2D eigenvalue weighted by Gasteiger charge is 2.20. The van der Waals surface area contributed by atoms with Gasteiger partial charge in [0.1, 0.15) is 0 Å². The van der Waals surface area contributed by atoms with Crippen LogP contribution in [-0.2, 0) is 12.8 Å². The van der Waals surface area contributed by atoms with E-state index in [4.69, 9.17) is 9.97 Å². The van der Waals surface area contributed by atoms with Crippen LogP contribution in [0.3, 0.4) is 0 Å². The summed E-state index contributed by atoms with van der Waals surface area (Å²) in [6.45, 7) is 4.32. The van der Waals surface area contributed by atoms with Gasteiger partial charge in [-0.25, -0.2) is 9.97 Å². The van der Waals surface area contributed by atoms with Crippen LogP contribution in [0.15, 0.2) is 164 Å². The number of hydrogen-bond donors (Lipinski definition) is 0. The molecule has 51 heavy (non-hydrogen) atoms. The lowest BCUT2D eigenvalue weighted by Gasteiger charge is -2.28. The number of fused-ring (bicyclic) bond motifs is 3. The molecular weight excluding hydrogens is 619 g/mol. The molecule has 3 heteroatoms. The van der Waals surface area contributed by atoms with Gasteiger partial charge in [-0.3, -0.25) is 0 Å². The van der Waals surface area contributed by atoms with E-state index in [0.717, 1.165) is 46.7 Å². The Bertz CT molecular complexity index is 2450. The van der Waals surface area contributed by atoms with Gasteiger partial charge in [0.15, 0.2) is 5.82 Å². The van der Waals surface area contributed by atoms with Crippen molar-refractivity contribution in [2.24, 2.45) is 0 Å². The Morgan fingerprint density at radius 3 is 1.63 bits per heavy atom. The normalized spacial score (nSPS) is 12.0. The number of aromatic nitrogens is 2. The summed E-state index contributed by atoms with van der Waals surface area (Å²) in [5.41, 5.74) is 16.6. The molecule has 1 aliphatic carbocycles. The van der Waals surface area contributed by atoms with Gasteiger partial charge in [-0.15, -0.1) is 0 Å². The van der Waals surface area contributed by atoms with Crippen LogP contribution in [0.4, 0.5) is 17.1 Å². The number of hydrogen-bond acceptors (Lipinski definition) is 3. The van der Waals surface area contributed by atoms with Crippen LogP contribution in [-0.4, -0.2) is 9.97 Å². The molecule has 9 rings (SSSR count). The van der Waals surface area contributed by atoms with Crippen molar-refractivity contribution in [2.75, 3.05) is 4.90 Å². The second kappa shape index (κ2) is 12.9. The second-order valence-electron chi connectivity index (χ2n) is 13.7. The molecule has 0 unspecified atom stereocenters. The lowest BCUT2D eigenvalue weighted by atomic mass is 9.84. The predicted molar refractivity (Wildman–Crippen MR) is 212 cm³/mol. The molecule has 3 nitrogen and oxygen atoms in total. The molecule has 0 amide bonds. The molecule has 0 bridgehead atoms. The molecule has 244 valence electrons. The average molecular weight is 656 g/mol. The van der Waals surface area contributed by atoms with Crippen molar-refractivity contribution in [3.8, 4) is 33.9 Å². The number of benzene rings is 7. The van der Waals surface area contributed by atoms with Crippen molar-refractivity contribution in [3.63, 3.8) is 0 Å². The smallest absolute Gasteiger partial charge is 0.160 e. The first-order valence-corrected chi connectivity index (χ1v) is 17.7. The first-order valence-electron chi connectivity index (χ1n) is 17.7. The fourth-order valence-electron chi connectivity index (χ4n) is 7.43. The van der Waals surface area contributed by atoms with E-state index in [9.17, 15) is 0 Å². The second-order valence-corrected chi connectivity index (χ2v) is 13.7.